The molecule has 1 amide bonds. The molecule has 4 rings (SSSR count). The molecule has 1 aliphatic heterocycles. The summed E-state index contributed by atoms with van der Waals surface area (Å²) in [5.74, 6) is -2.97. The second-order valence-corrected chi connectivity index (χ2v) is 10.6. The Morgan fingerprint density at radius 2 is 1.90 bits per heavy atom. The number of morpholine rings is 1. The number of nitrogens with zero attached hydrogens (tertiary/aromatic N) is 3. The molecule has 0 aliphatic carbocycles. The number of benzene rings is 2. The van der Waals surface area contributed by atoms with E-state index < -0.39 is 44.5 Å². The van der Waals surface area contributed by atoms with Gasteiger partial charge in [-0.25, -0.2) is 18.7 Å². The maximum absolute atomic E-state index is 14.2. The quantitative estimate of drug-likeness (QED) is 0.251. The van der Waals surface area contributed by atoms with Crippen molar-refractivity contribution in [3.05, 3.63) is 69.9 Å². The predicted octanol–water partition coefficient (Wildman–Crippen LogP) is 2.60. The summed E-state index contributed by atoms with van der Waals surface area (Å²) < 4.78 is 74.0. The minimum absolute atomic E-state index is 0.0127. The fourth-order valence-corrected chi connectivity index (χ4v) is 5.18. The number of nitrogens with two attached hydrogens (primary N) is 2. The van der Waals surface area contributed by atoms with Crippen molar-refractivity contribution >= 4 is 33.4 Å². The lowest BCUT2D eigenvalue weighted by atomic mass is 9.98. The largest absolute Gasteiger partial charge is 0.470 e. The lowest BCUT2D eigenvalue weighted by Crippen LogP contribution is -2.40. The monoisotopic (exact) mass is 583 g/mol. The zero-order chi connectivity index (χ0) is 28.3. The first-order chi connectivity index (χ1) is 18.5. The summed E-state index contributed by atoms with van der Waals surface area (Å²) in [6.07, 6.45) is 1.21. The Hall–Kier alpha value is -3.43. The first-order valence-corrected chi connectivity index (χ1v) is 13.4. The van der Waals surface area contributed by atoms with Gasteiger partial charge >= 0.3 is 0 Å². The maximum atomic E-state index is 14.2. The van der Waals surface area contributed by atoms with E-state index in [4.69, 9.17) is 32.5 Å². The van der Waals surface area contributed by atoms with Crippen molar-refractivity contribution in [1.29, 1.82) is 0 Å². The molecule has 0 radical (unpaired) electrons. The SMILES string of the molecule is NC(=O)c1ccc(C(CN2CCOCC2)S(=O)(=O)O)c(-c2cnc(N)c(OCc3c(F)ccc(F)c3Cl)n2)c1. The van der Waals surface area contributed by atoms with Gasteiger partial charge in [0.25, 0.3) is 16.0 Å². The Bertz CT molecular complexity index is 1500. The third-order valence-electron chi connectivity index (χ3n) is 6.11. The molecule has 39 heavy (non-hydrogen) atoms. The number of ether oxygens (including phenoxy) is 2. The molecule has 15 heteroatoms. The van der Waals surface area contributed by atoms with Crippen LogP contribution in [0.4, 0.5) is 14.6 Å². The number of aromatic nitrogens is 2. The molecule has 0 bridgehead atoms. The highest BCUT2D eigenvalue weighted by atomic mass is 35.5. The Morgan fingerprint density at radius 3 is 2.56 bits per heavy atom. The molecular formula is C24H24ClF2N5O6S. The number of nitrogen functional groups attached to an aromatic ring is 1. The molecule has 0 saturated carbocycles. The van der Waals surface area contributed by atoms with Crippen LogP contribution in [0.1, 0.15) is 26.7 Å². The van der Waals surface area contributed by atoms with E-state index in [2.05, 4.69) is 9.97 Å². The second-order valence-electron chi connectivity index (χ2n) is 8.64. The number of hydrogen-bond acceptors (Lipinski definition) is 9. The molecule has 5 N–H and O–H groups in total. The van der Waals surface area contributed by atoms with Crippen LogP contribution < -0.4 is 16.2 Å². The average Bonchev–Trinajstić information content (AvgIpc) is 2.90. The van der Waals surface area contributed by atoms with Crippen molar-refractivity contribution in [3.8, 4) is 17.1 Å². The van der Waals surface area contributed by atoms with Crippen LogP contribution in [-0.2, 0) is 21.5 Å². The zero-order valence-corrected chi connectivity index (χ0v) is 21.9. The third kappa shape index (κ3) is 6.59. The molecule has 0 spiro atoms. The average molecular weight is 584 g/mol. The topological polar surface area (TPSA) is 171 Å². The van der Waals surface area contributed by atoms with Gasteiger partial charge in [0.1, 0.15) is 23.5 Å². The highest BCUT2D eigenvalue weighted by molar-refractivity contribution is 7.86. The van der Waals surface area contributed by atoms with Crippen molar-refractivity contribution in [2.75, 3.05) is 38.6 Å². The molecule has 11 nitrogen and oxygen atoms in total. The fourth-order valence-electron chi connectivity index (χ4n) is 4.04. The van der Waals surface area contributed by atoms with Gasteiger partial charge in [-0.2, -0.15) is 8.42 Å². The van der Waals surface area contributed by atoms with Crippen molar-refractivity contribution in [2.24, 2.45) is 5.73 Å². The van der Waals surface area contributed by atoms with Gasteiger partial charge in [-0.05, 0) is 29.8 Å². The van der Waals surface area contributed by atoms with Gasteiger partial charge in [-0.15, -0.1) is 0 Å². The van der Waals surface area contributed by atoms with E-state index in [-0.39, 0.29) is 46.2 Å². The van der Waals surface area contributed by atoms with E-state index in [0.717, 1.165) is 12.1 Å². The van der Waals surface area contributed by atoms with E-state index in [1.807, 2.05) is 4.90 Å². The molecule has 1 saturated heterocycles. The number of hydrogen-bond donors (Lipinski definition) is 3. The molecule has 1 fully saturated rings. The van der Waals surface area contributed by atoms with Crippen LogP contribution in [0.5, 0.6) is 5.88 Å². The Morgan fingerprint density at radius 1 is 1.21 bits per heavy atom. The Balaban J connectivity index is 1.76. The van der Waals surface area contributed by atoms with Crippen LogP contribution in [0, 0.1) is 11.6 Å². The van der Waals surface area contributed by atoms with Crippen molar-refractivity contribution in [1.82, 2.24) is 14.9 Å². The van der Waals surface area contributed by atoms with Crippen LogP contribution in [0.2, 0.25) is 5.02 Å². The van der Waals surface area contributed by atoms with Gasteiger partial charge in [-0.3, -0.25) is 14.2 Å². The number of carbonyl (C=O) groups is 1. The molecule has 1 aromatic heterocycles. The summed E-state index contributed by atoms with van der Waals surface area (Å²) in [6, 6.07) is 5.75. The van der Waals surface area contributed by atoms with Gasteiger partial charge in [0, 0.05) is 36.3 Å². The lowest BCUT2D eigenvalue weighted by Gasteiger charge is -2.30. The molecule has 208 valence electrons. The normalized spacial score (nSPS) is 15.2. The number of amides is 1. The van der Waals surface area contributed by atoms with Crippen molar-refractivity contribution in [3.63, 3.8) is 0 Å². The Kier molecular flexibility index (Phi) is 8.61. The van der Waals surface area contributed by atoms with Crippen molar-refractivity contribution < 1.29 is 36.0 Å². The van der Waals surface area contributed by atoms with Crippen LogP contribution >= 0.6 is 11.6 Å². The summed E-state index contributed by atoms with van der Waals surface area (Å²) in [4.78, 5) is 22.0. The van der Waals surface area contributed by atoms with Gasteiger partial charge in [0.15, 0.2) is 5.82 Å². The van der Waals surface area contributed by atoms with E-state index in [1.54, 1.807) is 0 Å². The maximum Gasteiger partial charge on any atom is 0.273 e. The zero-order valence-electron chi connectivity index (χ0n) is 20.3. The first kappa shape index (κ1) is 28.6. The van der Waals surface area contributed by atoms with E-state index in [1.165, 1.54) is 24.4 Å². The number of rotatable bonds is 9. The standard InChI is InChI=1S/C24H24ClF2N5O6S/c25-21-16(17(26)3-4-18(21)27)12-38-24-22(28)30-10-19(31-24)15-9-13(23(29)33)1-2-14(15)20(39(34,35)36)11-32-5-7-37-8-6-32/h1-4,9-10,20H,5-8,11-12H2,(H2,28,30)(H2,29,33)(H,34,35,36). The second kappa shape index (κ2) is 11.8. The van der Waals surface area contributed by atoms with Crippen LogP contribution in [0.3, 0.4) is 0 Å². The highest BCUT2D eigenvalue weighted by Crippen LogP contribution is 2.35. The molecule has 2 heterocycles. The van der Waals surface area contributed by atoms with Gasteiger partial charge in [0.2, 0.25) is 5.91 Å². The van der Waals surface area contributed by atoms with Crippen molar-refractivity contribution in [2.45, 2.75) is 11.9 Å². The third-order valence-corrected chi connectivity index (χ3v) is 7.64. The number of halogens is 3. The molecule has 1 aliphatic rings. The summed E-state index contributed by atoms with van der Waals surface area (Å²) in [7, 11) is -4.65. The van der Waals surface area contributed by atoms with E-state index in [0.29, 0.717) is 26.3 Å². The Labute approximate surface area is 227 Å². The van der Waals surface area contributed by atoms with Crippen LogP contribution in [0.15, 0.2) is 36.5 Å². The first-order valence-electron chi connectivity index (χ1n) is 11.5. The summed E-state index contributed by atoms with van der Waals surface area (Å²) >= 11 is 5.86. The summed E-state index contributed by atoms with van der Waals surface area (Å²) in [5.41, 5.74) is 11.3. The van der Waals surface area contributed by atoms with E-state index >= 15 is 0 Å². The number of carbonyl (C=O) groups excluding carboxylic acids is 1. The van der Waals surface area contributed by atoms with Crippen LogP contribution in [0.25, 0.3) is 11.3 Å². The minimum atomic E-state index is -4.65. The molecule has 3 aromatic rings. The number of primary amides is 1. The lowest BCUT2D eigenvalue weighted by molar-refractivity contribution is 0.0375. The molecule has 1 atom stereocenters. The highest BCUT2D eigenvalue weighted by Gasteiger charge is 2.31. The smallest absolute Gasteiger partial charge is 0.273 e. The predicted molar refractivity (Wildman–Crippen MR) is 138 cm³/mol. The molecule has 2 aromatic carbocycles. The molecular weight excluding hydrogens is 560 g/mol. The van der Waals surface area contributed by atoms with Crippen LogP contribution in [-0.4, -0.2) is 66.6 Å². The summed E-state index contributed by atoms with van der Waals surface area (Å²) in [5, 5.41) is -1.91. The van der Waals surface area contributed by atoms with Gasteiger partial charge < -0.3 is 20.9 Å². The van der Waals surface area contributed by atoms with E-state index in [9.17, 15) is 26.5 Å². The summed E-state index contributed by atoms with van der Waals surface area (Å²) in [6.45, 7) is 1.05. The molecule has 1 unspecified atom stereocenters. The number of anilines is 1. The minimum Gasteiger partial charge on any atom is -0.470 e. The van der Waals surface area contributed by atoms with Gasteiger partial charge in [0.05, 0.1) is 30.1 Å². The fraction of sp³-hybridized carbons (Fsp3) is 0.292. The van der Waals surface area contributed by atoms with Gasteiger partial charge in [-0.1, -0.05) is 17.7 Å².